The molecule has 1 aromatic carbocycles. The number of aryl methyl sites for hydroxylation is 1. The third-order valence-electron chi connectivity index (χ3n) is 2.17. The molecule has 14 heavy (non-hydrogen) atoms. The Morgan fingerprint density at radius 2 is 2.07 bits per heavy atom. The van der Waals surface area contributed by atoms with Gasteiger partial charge in [-0.2, -0.15) is 0 Å². The summed E-state index contributed by atoms with van der Waals surface area (Å²) < 4.78 is 12.9. The second kappa shape index (κ2) is 3.25. The third-order valence-corrected chi connectivity index (χ3v) is 2.17. The smallest absolute Gasteiger partial charge is 0.125 e. The van der Waals surface area contributed by atoms with Gasteiger partial charge in [0.2, 0.25) is 0 Å². The maximum atomic E-state index is 12.9. The van der Waals surface area contributed by atoms with Crippen LogP contribution in [-0.4, -0.2) is 12.0 Å². The molecule has 0 atom stereocenters. The van der Waals surface area contributed by atoms with Crippen molar-refractivity contribution in [2.24, 2.45) is 0 Å². The van der Waals surface area contributed by atoms with Crippen LogP contribution in [-0.2, 0) is 0 Å². The number of hydrogen-bond acceptors (Lipinski definition) is 2. The van der Waals surface area contributed by atoms with Crippen LogP contribution in [0.5, 0.6) is 0 Å². The van der Waals surface area contributed by atoms with Crippen molar-refractivity contribution in [1.82, 2.24) is 4.98 Å². The molecule has 0 bridgehead atoms. The molecule has 0 aliphatic rings. The first-order chi connectivity index (χ1) is 6.70. The number of pyridine rings is 1. The quantitative estimate of drug-likeness (QED) is 0.747. The topological polar surface area (TPSA) is 24.9 Å². The Hall–Kier alpha value is -1.64. The molecule has 72 valence electrons. The minimum atomic E-state index is -0.252. The molecule has 0 amide bonds. The first-order valence-electron chi connectivity index (χ1n) is 4.45. The van der Waals surface area contributed by atoms with Gasteiger partial charge in [-0.05, 0) is 25.1 Å². The van der Waals surface area contributed by atoms with Crippen molar-refractivity contribution in [3.05, 3.63) is 35.8 Å². The molecular formula is C11H11FN2. The first-order valence-corrected chi connectivity index (χ1v) is 4.45. The van der Waals surface area contributed by atoms with Gasteiger partial charge in [0.15, 0.2) is 0 Å². The fraction of sp³-hybridized carbons (Fsp3) is 0.182. The van der Waals surface area contributed by atoms with E-state index in [1.165, 1.54) is 12.1 Å². The second-order valence-electron chi connectivity index (χ2n) is 3.22. The summed E-state index contributed by atoms with van der Waals surface area (Å²) in [5.74, 6) is -0.252. The molecule has 0 aliphatic heterocycles. The van der Waals surface area contributed by atoms with Gasteiger partial charge >= 0.3 is 0 Å². The summed E-state index contributed by atoms with van der Waals surface area (Å²) in [7, 11) is 1.84. The monoisotopic (exact) mass is 190 g/mol. The van der Waals surface area contributed by atoms with Gasteiger partial charge in [0.25, 0.3) is 0 Å². The minimum absolute atomic E-state index is 0.252. The van der Waals surface area contributed by atoms with Gasteiger partial charge < -0.3 is 5.32 Å². The highest BCUT2D eigenvalue weighted by atomic mass is 19.1. The number of hydrogen-bond donors (Lipinski definition) is 1. The Labute approximate surface area is 81.8 Å². The molecular weight excluding hydrogens is 179 g/mol. The van der Waals surface area contributed by atoms with Crippen molar-refractivity contribution in [2.75, 3.05) is 12.4 Å². The molecule has 0 saturated carbocycles. The van der Waals surface area contributed by atoms with Gasteiger partial charge in [-0.3, -0.25) is 4.98 Å². The lowest BCUT2D eigenvalue weighted by Gasteiger charge is -2.06. The fourth-order valence-corrected chi connectivity index (χ4v) is 1.54. The Morgan fingerprint density at radius 3 is 2.79 bits per heavy atom. The summed E-state index contributed by atoms with van der Waals surface area (Å²) in [6.07, 6.45) is 0. The normalized spacial score (nSPS) is 10.5. The number of aromatic nitrogens is 1. The third kappa shape index (κ3) is 1.41. The van der Waals surface area contributed by atoms with Crippen LogP contribution < -0.4 is 5.32 Å². The summed E-state index contributed by atoms with van der Waals surface area (Å²) in [5, 5.41) is 4.01. The highest BCUT2D eigenvalue weighted by Crippen LogP contribution is 2.23. The van der Waals surface area contributed by atoms with E-state index in [-0.39, 0.29) is 5.82 Å². The van der Waals surface area contributed by atoms with Crippen LogP contribution in [0.15, 0.2) is 24.3 Å². The van der Waals surface area contributed by atoms with Crippen molar-refractivity contribution in [1.29, 1.82) is 0 Å². The van der Waals surface area contributed by atoms with E-state index in [4.69, 9.17) is 0 Å². The van der Waals surface area contributed by atoms with Crippen LogP contribution in [0.3, 0.4) is 0 Å². The minimum Gasteiger partial charge on any atom is -0.388 e. The van der Waals surface area contributed by atoms with Crippen molar-refractivity contribution in [2.45, 2.75) is 6.92 Å². The van der Waals surface area contributed by atoms with Crippen LogP contribution in [0, 0.1) is 12.7 Å². The van der Waals surface area contributed by atoms with Crippen molar-refractivity contribution < 1.29 is 4.39 Å². The van der Waals surface area contributed by atoms with E-state index in [9.17, 15) is 4.39 Å². The highest BCUT2D eigenvalue weighted by Gasteiger charge is 2.03. The number of fused-ring (bicyclic) bond motifs is 1. The summed E-state index contributed by atoms with van der Waals surface area (Å²) in [4.78, 5) is 4.27. The predicted octanol–water partition coefficient (Wildman–Crippen LogP) is 2.72. The standard InChI is InChI=1S/C11H11FN2/c1-7-5-10(13-2)9-4-3-8(12)6-11(9)14-7/h3-6H,1-2H3,(H,13,14). The van der Waals surface area contributed by atoms with Crippen LogP contribution in [0.1, 0.15) is 5.69 Å². The predicted molar refractivity (Wildman–Crippen MR) is 56.0 cm³/mol. The number of nitrogens with one attached hydrogen (secondary N) is 1. The van der Waals surface area contributed by atoms with Crippen molar-refractivity contribution in [3.8, 4) is 0 Å². The SMILES string of the molecule is CNc1cc(C)nc2cc(F)ccc12. The Bertz CT molecular complexity index is 475. The van der Waals surface area contributed by atoms with Crippen LogP contribution in [0.4, 0.5) is 10.1 Å². The zero-order valence-corrected chi connectivity index (χ0v) is 8.13. The molecule has 2 nitrogen and oxygen atoms in total. The largest absolute Gasteiger partial charge is 0.388 e. The Kier molecular flexibility index (Phi) is 2.08. The van der Waals surface area contributed by atoms with E-state index in [1.54, 1.807) is 6.07 Å². The van der Waals surface area contributed by atoms with E-state index in [0.717, 1.165) is 16.8 Å². The molecule has 2 aromatic rings. The summed E-state index contributed by atoms with van der Waals surface area (Å²) in [6.45, 7) is 1.89. The number of benzene rings is 1. The molecule has 1 N–H and O–H groups in total. The van der Waals surface area contributed by atoms with Gasteiger partial charge in [0, 0.05) is 29.9 Å². The fourth-order valence-electron chi connectivity index (χ4n) is 1.54. The van der Waals surface area contributed by atoms with Crippen molar-refractivity contribution in [3.63, 3.8) is 0 Å². The van der Waals surface area contributed by atoms with Gasteiger partial charge in [-0.25, -0.2) is 4.39 Å². The van der Waals surface area contributed by atoms with Gasteiger partial charge in [-0.1, -0.05) is 0 Å². The second-order valence-corrected chi connectivity index (χ2v) is 3.22. The molecule has 0 aliphatic carbocycles. The van der Waals surface area contributed by atoms with Gasteiger partial charge in [-0.15, -0.1) is 0 Å². The summed E-state index contributed by atoms with van der Waals surface area (Å²) in [6, 6.07) is 6.58. The lowest BCUT2D eigenvalue weighted by molar-refractivity contribution is 0.629. The molecule has 0 spiro atoms. The Morgan fingerprint density at radius 1 is 1.29 bits per heavy atom. The first kappa shape index (κ1) is 8.94. The molecule has 2 rings (SSSR count). The molecule has 3 heteroatoms. The number of rotatable bonds is 1. The lowest BCUT2D eigenvalue weighted by atomic mass is 10.1. The number of anilines is 1. The maximum absolute atomic E-state index is 12.9. The van der Waals surface area contributed by atoms with E-state index < -0.39 is 0 Å². The van der Waals surface area contributed by atoms with Crippen LogP contribution in [0.2, 0.25) is 0 Å². The lowest BCUT2D eigenvalue weighted by Crippen LogP contribution is -1.93. The molecule has 1 heterocycles. The van der Waals surface area contributed by atoms with Gasteiger partial charge in [0.05, 0.1) is 5.52 Å². The maximum Gasteiger partial charge on any atom is 0.125 e. The summed E-state index contributed by atoms with van der Waals surface area (Å²) >= 11 is 0. The molecule has 0 unspecified atom stereocenters. The Balaban J connectivity index is 2.81. The zero-order valence-electron chi connectivity index (χ0n) is 8.13. The highest BCUT2D eigenvalue weighted by molar-refractivity contribution is 5.91. The van der Waals surface area contributed by atoms with Crippen molar-refractivity contribution >= 4 is 16.6 Å². The molecule has 0 fully saturated rings. The molecule has 0 radical (unpaired) electrons. The zero-order chi connectivity index (χ0) is 10.1. The molecule has 0 saturated heterocycles. The number of nitrogens with zero attached hydrogens (tertiary/aromatic N) is 1. The van der Waals surface area contributed by atoms with E-state index in [2.05, 4.69) is 10.3 Å². The van der Waals surface area contributed by atoms with Crippen LogP contribution in [0.25, 0.3) is 10.9 Å². The molecule has 1 aromatic heterocycles. The van der Waals surface area contributed by atoms with Gasteiger partial charge in [0.1, 0.15) is 5.82 Å². The van der Waals surface area contributed by atoms with E-state index in [1.807, 2.05) is 20.0 Å². The van der Waals surface area contributed by atoms with E-state index in [0.29, 0.717) is 5.52 Å². The van der Waals surface area contributed by atoms with E-state index >= 15 is 0 Å². The average Bonchev–Trinajstić information content (AvgIpc) is 2.15. The summed E-state index contributed by atoms with van der Waals surface area (Å²) in [5.41, 5.74) is 2.55. The average molecular weight is 190 g/mol. The number of halogens is 1. The van der Waals surface area contributed by atoms with Crippen LogP contribution >= 0.6 is 0 Å².